The van der Waals surface area contributed by atoms with Crippen molar-refractivity contribution >= 4 is 35.0 Å². The van der Waals surface area contributed by atoms with Crippen molar-refractivity contribution in [2.45, 2.75) is 37.9 Å². The molecule has 0 N–H and O–H groups in total. The van der Waals surface area contributed by atoms with E-state index in [0.29, 0.717) is 44.2 Å². The quantitative estimate of drug-likeness (QED) is 0.598. The molecule has 0 spiro atoms. The van der Waals surface area contributed by atoms with Crippen LogP contribution in [0.5, 0.6) is 0 Å². The lowest BCUT2D eigenvalue weighted by atomic mass is 9.71. The highest BCUT2D eigenvalue weighted by Crippen LogP contribution is 2.39. The number of aromatic nitrogens is 2. The van der Waals surface area contributed by atoms with Gasteiger partial charge in [-0.05, 0) is 37.5 Å². The number of carbonyl (C=O) groups excluding carboxylic acids is 2. The van der Waals surface area contributed by atoms with Crippen LogP contribution in [0.1, 0.15) is 29.8 Å². The number of alkyl halides is 3. The molecule has 2 saturated heterocycles. The maximum Gasteiger partial charge on any atom is 0.436 e. The van der Waals surface area contributed by atoms with E-state index in [-0.39, 0.29) is 37.1 Å². The zero-order valence-electron chi connectivity index (χ0n) is 19.1. The normalized spacial score (nSPS) is 18.6. The molecule has 0 bridgehead atoms. The Labute approximate surface area is 210 Å². The van der Waals surface area contributed by atoms with Gasteiger partial charge in [-0.25, -0.2) is 0 Å². The zero-order chi connectivity index (χ0) is 25.4. The van der Waals surface area contributed by atoms with Crippen LogP contribution in [0.4, 0.5) is 13.2 Å². The number of nitrogens with zero attached hydrogens (tertiary/aromatic N) is 4. The summed E-state index contributed by atoms with van der Waals surface area (Å²) in [5, 5.41) is 3.56. The third kappa shape index (κ3) is 5.15. The van der Waals surface area contributed by atoms with Crippen LogP contribution in [0, 0.1) is 6.92 Å². The number of amides is 2. The molecule has 12 heteroatoms. The van der Waals surface area contributed by atoms with Gasteiger partial charge < -0.3 is 14.5 Å². The molecule has 2 aliphatic rings. The molecule has 7 nitrogen and oxygen atoms in total. The van der Waals surface area contributed by atoms with E-state index < -0.39 is 22.3 Å². The van der Waals surface area contributed by atoms with Gasteiger partial charge in [-0.2, -0.15) is 18.3 Å². The Morgan fingerprint density at radius 2 is 1.63 bits per heavy atom. The SMILES string of the molecule is Cc1c(Cl)c(C(F)(F)F)nn1CC(=O)N1CCC(C(=O)N2CCOCC2)(c2ccc(Cl)cc2)CC1. The lowest BCUT2D eigenvalue weighted by Crippen LogP contribution is -2.56. The van der Waals surface area contributed by atoms with Crippen molar-refractivity contribution in [3.05, 3.63) is 51.3 Å². The second-order valence-electron chi connectivity index (χ2n) is 8.78. The molecule has 2 fully saturated rings. The third-order valence-electron chi connectivity index (χ3n) is 6.76. The topological polar surface area (TPSA) is 67.7 Å². The first kappa shape index (κ1) is 25.8. The molecule has 190 valence electrons. The number of ether oxygens (including phenoxy) is 1. The van der Waals surface area contributed by atoms with Crippen LogP contribution in [0.25, 0.3) is 0 Å². The van der Waals surface area contributed by atoms with Gasteiger partial charge in [0.15, 0.2) is 5.69 Å². The highest BCUT2D eigenvalue weighted by molar-refractivity contribution is 6.32. The minimum absolute atomic E-state index is 0.0141. The van der Waals surface area contributed by atoms with Crippen LogP contribution in [0.15, 0.2) is 24.3 Å². The zero-order valence-corrected chi connectivity index (χ0v) is 20.6. The van der Waals surface area contributed by atoms with Gasteiger partial charge in [0.05, 0.1) is 29.3 Å². The minimum Gasteiger partial charge on any atom is -0.378 e. The smallest absolute Gasteiger partial charge is 0.378 e. The van der Waals surface area contributed by atoms with Crippen molar-refractivity contribution in [3.63, 3.8) is 0 Å². The summed E-state index contributed by atoms with van der Waals surface area (Å²) in [6, 6.07) is 7.16. The molecule has 35 heavy (non-hydrogen) atoms. The number of carbonyl (C=O) groups is 2. The van der Waals surface area contributed by atoms with E-state index in [1.807, 2.05) is 12.1 Å². The summed E-state index contributed by atoms with van der Waals surface area (Å²) < 4.78 is 45.7. The number of hydrogen-bond donors (Lipinski definition) is 0. The molecular formula is C23H25Cl2F3N4O3. The van der Waals surface area contributed by atoms with Crippen molar-refractivity contribution in [2.24, 2.45) is 0 Å². The number of halogens is 5. The van der Waals surface area contributed by atoms with Crippen LogP contribution in [0.2, 0.25) is 10.0 Å². The maximum atomic E-state index is 13.7. The number of rotatable bonds is 4. The first-order valence-electron chi connectivity index (χ1n) is 11.2. The van der Waals surface area contributed by atoms with Crippen molar-refractivity contribution in [2.75, 3.05) is 39.4 Å². The van der Waals surface area contributed by atoms with E-state index >= 15 is 0 Å². The van der Waals surface area contributed by atoms with Crippen molar-refractivity contribution in [1.82, 2.24) is 19.6 Å². The second kappa shape index (κ2) is 9.99. The Hall–Kier alpha value is -2.30. The molecule has 3 heterocycles. The average Bonchev–Trinajstić information content (AvgIpc) is 3.13. The van der Waals surface area contributed by atoms with E-state index in [1.54, 1.807) is 21.9 Å². The lowest BCUT2D eigenvalue weighted by molar-refractivity contribution is -0.146. The highest BCUT2D eigenvalue weighted by atomic mass is 35.5. The van der Waals surface area contributed by atoms with Gasteiger partial charge in [-0.1, -0.05) is 35.3 Å². The molecular weight excluding hydrogens is 508 g/mol. The summed E-state index contributed by atoms with van der Waals surface area (Å²) in [6.07, 6.45) is -3.95. The molecule has 0 radical (unpaired) electrons. The summed E-state index contributed by atoms with van der Waals surface area (Å²) in [4.78, 5) is 30.0. The average molecular weight is 533 g/mol. The van der Waals surface area contributed by atoms with E-state index in [4.69, 9.17) is 27.9 Å². The van der Waals surface area contributed by atoms with Crippen LogP contribution < -0.4 is 0 Å². The number of likely N-dealkylation sites (tertiary alicyclic amines) is 1. The largest absolute Gasteiger partial charge is 0.436 e. The molecule has 0 unspecified atom stereocenters. The number of morpholine rings is 1. The fourth-order valence-corrected chi connectivity index (χ4v) is 5.06. The molecule has 0 saturated carbocycles. The summed E-state index contributed by atoms with van der Waals surface area (Å²) >= 11 is 11.9. The Bertz CT molecular complexity index is 1090. The van der Waals surface area contributed by atoms with E-state index in [9.17, 15) is 22.8 Å². The molecule has 4 rings (SSSR count). The number of piperidine rings is 1. The van der Waals surface area contributed by atoms with Gasteiger partial charge in [0.2, 0.25) is 11.8 Å². The van der Waals surface area contributed by atoms with E-state index in [2.05, 4.69) is 5.10 Å². The van der Waals surface area contributed by atoms with Crippen LogP contribution in [-0.4, -0.2) is 70.8 Å². The van der Waals surface area contributed by atoms with Gasteiger partial charge in [0.25, 0.3) is 0 Å². The van der Waals surface area contributed by atoms with Crippen molar-refractivity contribution in [3.8, 4) is 0 Å². The minimum atomic E-state index is -4.71. The predicted octanol–water partition coefficient (Wildman–Crippen LogP) is 3.94. The van der Waals surface area contributed by atoms with Gasteiger partial charge >= 0.3 is 6.18 Å². The van der Waals surface area contributed by atoms with Gasteiger partial charge in [0.1, 0.15) is 6.54 Å². The molecule has 2 amide bonds. The van der Waals surface area contributed by atoms with Gasteiger partial charge in [-0.3, -0.25) is 14.3 Å². The maximum absolute atomic E-state index is 13.7. The van der Waals surface area contributed by atoms with Gasteiger partial charge in [0, 0.05) is 31.2 Å². The fraction of sp³-hybridized carbons (Fsp3) is 0.522. The Kier molecular flexibility index (Phi) is 7.36. The first-order valence-corrected chi connectivity index (χ1v) is 12.0. The first-order chi connectivity index (χ1) is 16.5. The molecule has 0 aliphatic carbocycles. The molecule has 2 aromatic rings. The fourth-order valence-electron chi connectivity index (χ4n) is 4.69. The number of benzene rings is 1. The molecule has 1 aromatic heterocycles. The lowest BCUT2D eigenvalue weighted by Gasteiger charge is -2.44. The predicted molar refractivity (Wildman–Crippen MR) is 123 cm³/mol. The van der Waals surface area contributed by atoms with Crippen LogP contribution >= 0.6 is 23.2 Å². The molecule has 2 aliphatic heterocycles. The monoisotopic (exact) mass is 532 g/mol. The van der Waals surface area contributed by atoms with Crippen LogP contribution in [-0.2, 0) is 32.5 Å². The third-order valence-corrected chi connectivity index (χ3v) is 7.47. The molecule has 1 aromatic carbocycles. The Balaban J connectivity index is 1.52. The summed E-state index contributed by atoms with van der Waals surface area (Å²) in [5.41, 5.74) is -1.13. The van der Waals surface area contributed by atoms with E-state index in [0.717, 1.165) is 10.2 Å². The highest BCUT2D eigenvalue weighted by Gasteiger charge is 2.46. The summed E-state index contributed by atoms with van der Waals surface area (Å²) in [5.74, 6) is -0.399. The van der Waals surface area contributed by atoms with Gasteiger partial charge in [-0.15, -0.1) is 0 Å². The molecule has 0 atom stereocenters. The standard InChI is InChI=1S/C23H25Cl2F3N4O3/c1-15-19(25)20(23(26,27)28)29-32(15)14-18(33)30-8-6-22(7-9-30,16-2-4-17(24)5-3-16)21(34)31-10-12-35-13-11-31/h2-5H,6-14H2,1H3. The van der Waals surface area contributed by atoms with Crippen LogP contribution in [0.3, 0.4) is 0 Å². The Morgan fingerprint density at radius 3 is 2.17 bits per heavy atom. The van der Waals surface area contributed by atoms with E-state index in [1.165, 1.54) is 6.92 Å². The second-order valence-corrected chi connectivity index (χ2v) is 9.59. The van der Waals surface area contributed by atoms with Crippen molar-refractivity contribution < 1.29 is 27.5 Å². The summed E-state index contributed by atoms with van der Waals surface area (Å²) in [7, 11) is 0. The Morgan fingerprint density at radius 1 is 1.03 bits per heavy atom. The summed E-state index contributed by atoms with van der Waals surface area (Å²) in [6.45, 7) is 3.51. The van der Waals surface area contributed by atoms with Crippen molar-refractivity contribution in [1.29, 1.82) is 0 Å². The number of hydrogen-bond acceptors (Lipinski definition) is 4.